The molecule has 0 bridgehead atoms. The molecule has 8 nitrogen and oxygen atoms in total. The lowest BCUT2D eigenvalue weighted by molar-refractivity contribution is -0.118. The third-order valence-corrected chi connectivity index (χ3v) is 10.8. The van der Waals surface area contributed by atoms with Gasteiger partial charge in [-0.05, 0) is 73.6 Å². The number of piperazine rings is 1. The number of nitrogens with one attached hydrogen (secondary N) is 2. The monoisotopic (exact) mass is 646 g/mol. The Balaban J connectivity index is 1.35. The van der Waals surface area contributed by atoms with Gasteiger partial charge < -0.3 is 21.1 Å². The van der Waals surface area contributed by atoms with Gasteiger partial charge in [0.1, 0.15) is 11.6 Å². The summed E-state index contributed by atoms with van der Waals surface area (Å²) in [6, 6.07) is 15.6. The second kappa shape index (κ2) is 14.4. The molecule has 236 valence electrons. The summed E-state index contributed by atoms with van der Waals surface area (Å²) in [5, 5.41) is 6.03. The molecule has 1 amide bonds. The molecular formula is C32H37ClF2N4O4S. The number of carbonyl (C=O) groups is 1. The van der Waals surface area contributed by atoms with E-state index in [9.17, 15) is 17.6 Å². The number of ether oxygens (including phenoxy) is 1. The van der Waals surface area contributed by atoms with E-state index >= 15 is 4.39 Å². The number of benzene rings is 3. The van der Waals surface area contributed by atoms with Crippen molar-refractivity contribution in [2.45, 2.75) is 48.6 Å². The van der Waals surface area contributed by atoms with Gasteiger partial charge in [0.2, 0.25) is 15.9 Å². The van der Waals surface area contributed by atoms with E-state index in [0.717, 1.165) is 0 Å². The fraction of sp³-hybridized carbons (Fsp3) is 0.406. The third kappa shape index (κ3) is 7.30. The molecule has 44 heavy (non-hydrogen) atoms. The van der Waals surface area contributed by atoms with Crippen molar-refractivity contribution in [3.63, 3.8) is 0 Å². The molecule has 2 aliphatic rings. The number of hydrogen-bond donors (Lipinski definition) is 3. The van der Waals surface area contributed by atoms with E-state index in [2.05, 4.69) is 10.6 Å². The fourth-order valence-electron chi connectivity index (χ4n) is 6.22. The van der Waals surface area contributed by atoms with Crippen molar-refractivity contribution in [2.24, 2.45) is 11.7 Å². The zero-order valence-electron chi connectivity index (χ0n) is 24.2. The molecule has 3 aromatic rings. The van der Waals surface area contributed by atoms with Crippen LogP contribution in [0.3, 0.4) is 0 Å². The highest BCUT2D eigenvalue weighted by molar-refractivity contribution is 7.89. The summed E-state index contributed by atoms with van der Waals surface area (Å²) in [5.74, 6) is -2.20. The van der Waals surface area contributed by atoms with Crippen LogP contribution in [0.15, 0.2) is 71.6 Å². The van der Waals surface area contributed by atoms with Gasteiger partial charge in [-0.1, -0.05) is 41.9 Å². The van der Waals surface area contributed by atoms with Crippen LogP contribution in [0.5, 0.6) is 0 Å². The van der Waals surface area contributed by atoms with Crippen molar-refractivity contribution >= 4 is 33.2 Å². The number of rotatable bonds is 10. The van der Waals surface area contributed by atoms with E-state index in [-0.39, 0.29) is 40.1 Å². The van der Waals surface area contributed by atoms with Gasteiger partial charge in [-0.15, -0.1) is 0 Å². The molecule has 2 heterocycles. The first kappa shape index (κ1) is 32.5. The zero-order valence-corrected chi connectivity index (χ0v) is 25.8. The first-order valence-corrected chi connectivity index (χ1v) is 16.6. The number of halogens is 3. The quantitative estimate of drug-likeness (QED) is 0.295. The maximum Gasteiger partial charge on any atom is 0.243 e. The molecule has 0 spiro atoms. The summed E-state index contributed by atoms with van der Waals surface area (Å²) in [7, 11) is -3.75. The number of carbonyl (C=O) groups excluding carboxylic acids is 1. The van der Waals surface area contributed by atoms with Crippen molar-refractivity contribution < 1.29 is 26.7 Å². The smallest absolute Gasteiger partial charge is 0.243 e. The highest BCUT2D eigenvalue weighted by Gasteiger charge is 2.36. The number of nitrogens with zero attached hydrogens (tertiary/aromatic N) is 1. The highest BCUT2D eigenvalue weighted by atomic mass is 35.5. The number of hydrogen-bond acceptors (Lipinski definition) is 6. The zero-order chi connectivity index (χ0) is 31.3. The van der Waals surface area contributed by atoms with Crippen LogP contribution in [0, 0.1) is 17.6 Å². The van der Waals surface area contributed by atoms with Crippen LogP contribution in [-0.2, 0) is 26.0 Å². The molecule has 0 radical (unpaired) electrons. The Morgan fingerprint density at radius 3 is 2.55 bits per heavy atom. The first-order valence-electron chi connectivity index (χ1n) is 14.8. The number of sulfonamides is 1. The van der Waals surface area contributed by atoms with Crippen LogP contribution in [0.1, 0.15) is 36.3 Å². The van der Waals surface area contributed by atoms with E-state index in [1.807, 2.05) is 0 Å². The second-order valence-electron chi connectivity index (χ2n) is 11.3. The van der Waals surface area contributed by atoms with E-state index in [1.54, 1.807) is 42.5 Å². The third-order valence-electron chi connectivity index (χ3n) is 8.54. The Morgan fingerprint density at radius 1 is 1.07 bits per heavy atom. The van der Waals surface area contributed by atoms with E-state index in [4.69, 9.17) is 22.1 Å². The molecule has 0 saturated carbocycles. The lowest BCUT2D eigenvalue weighted by atomic mass is 9.76. The van der Waals surface area contributed by atoms with Crippen LogP contribution in [-0.4, -0.2) is 63.6 Å². The normalized spacial score (nSPS) is 19.8. The summed E-state index contributed by atoms with van der Waals surface area (Å²) in [6.45, 7) is 2.22. The van der Waals surface area contributed by atoms with Gasteiger partial charge in [-0.25, -0.2) is 17.2 Å². The highest BCUT2D eigenvalue weighted by Crippen LogP contribution is 2.36. The van der Waals surface area contributed by atoms with Gasteiger partial charge in [-0.3, -0.25) is 4.79 Å². The molecule has 5 rings (SSSR count). The maximum absolute atomic E-state index is 15.3. The molecule has 2 fully saturated rings. The molecule has 2 unspecified atom stereocenters. The van der Waals surface area contributed by atoms with Crippen LogP contribution in [0.4, 0.5) is 14.5 Å². The molecular weight excluding hydrogens is 610 g/mol. The molecule has 0 aromatic heterocycles. The summed E-state index contributed by atoms with van der Waals surface area (Å²) in [5.41, 5.74) is 7.66. The van der Waals surface area contributed by atoms with E-state index in [0.29, 0.717) is 51.1 Å². The minimum absolute atomic E-state index is 0.0230. The maximum atomic E-state index is 15.3. The Kier molecular flexibility index (Phi) is 10.7. The first-order chi connectivity index (χ1) is 21.2. The number of nitrogens with two attached hydrogens (primary N) is 1. The molecule has 3 aromatic carbocycles. The van der Waals surface area contributed by atoms with Gasteiger partial charge in [0.15, 0.2) is 0 Å². The van der Waals surface area contributed by atoms with Crippen LogP contribution in [0.25, 0.3) is 0 Å². The summed E-state index contributed by atoms with van der Waals surface area (Å²) in [4.78, 5) is 13.8. The van der Waals surface area contributed by atoms with Crippen LogP contribution < -0.4 is 16.4 Å². The molecule has 4 N–H and O–H groups in total. The molecule has 2 saturated heterocycles. The van der Waals surface area contributed by atoms with Crippen molar-refractivity contribution in [3.8, 4) is 0 Å². The average molecular weight is 647 g/mol. The Hall–Kier alpha value is -2.93. The summed E-state index contributed by atoms with van der Waals surface area (Å²) < 4.78 is 63.5. The second-order valence-corrected chi connectivity index (χ2v) is 13.6. The Labute approximate surface area is 262 Å². The van der Waals surface area contributed by atoms with Crippen molar-refractivity contribution in [2.75, 3.05) is 38.2 Å². The molecule has 0 aliphatic carbocycles. The molecule has 2 aliphatic heterocycles. The fourth-order valence-corrected chi connectivity index (χ4v) is 8.01. The minimum atomic E-state index is -3.75. The van der Waals surface area contributed by atoms with Gasteiger partial charge in [-0.2, -0.15) is 4.31 Å². The number of amides is 1. The molecule has 3 atom stereocenters. The Bertz CT molecular complexity index is 1560. The molecule has 12 heteroatoms. The van der Waals surface area contributed by atoms with Crippen LogP contribution >= 0.6 is 11.6 Å². The van der Waals surface area contributed by atoms with Crippen molar-refractivity contribution in [1.82, 2.24) is 9.62 Å². The summed E-state index contributed by atoms with van der Waals surface area (Å²) in [6.07, 6.45) is 1.80. The number of anilines is 1. The summed E-state index contributed by atoms with van der Waals surface area (Å²) >= 11 is 5.92. The van der Waals surface area contributed by atoms with Crippen LogP contribution in [0.2, 0.25) is 5.02 Å². The van der Waals surface area contributed by atoms with Gasteiger partial charge in [0.05, 0.1) is 16.0 Å². The standard InChI is InChI=1S/C32H37ClF2N4O4S/c33-26-12-9-22(19-28(26)35)30(21-13-17-43-18-14-21)31(36)32(40)38-29-8-4-7-27(34)25(29)11-10-23-20-37-15-16-39(23)44(41,42)24-5-2-1-3-6-24/h1-9,12,19,21,23,30-31,37H,10-11,13-18,20,36H2,(H,38,40)/t23-,30?,31?/m1/s1. The van der Waals surface area contributed by atoms with E-state index < -0.39 is 45.6 Å². The lowest BCUT2D eigenvalue weighted by Gasteiger charge is -2.35. The largest absolute Gasteiger partial charge is 0.381 e. The average Bonchev–Trinajstić information content (AvgIpc) is 3.03. The van der Waals surface area contributed by atoms with Gasteiger partial charge in [0, 0.05) is 56.1 Å². The van der Waals surface area contributed by atoms with E-state index in [1.165, 1.54) is 28.6 Å². The lowest BCUT2D eigenvalue weighted by Crippen LogP contribution is -2.53. The SMILES string of the molecule is NC(C(=O)Nc1cccc(F)c1CC[C@@H]1CNCCN1S(=O)(=O)c1ccccc1)C(c1ccc(Cl)c(F)c1)C1CCOCC1. The predicted octanol–water partition coefficient (Wildman–Crippen LogP) is 4.69. The minimum Gasteiger partial charge on any atom is -0.381 e. The van der Waals surface area contributed by atoms with Gasteiger partial charge >= 0.3 is 0 Å². The van der Waals surface area contributed by atoms with Gasteiger partial charge in [0.25, 0.3) is 0 Å². The van der Waals surface area contributed by atoms with Crippen molar-refractivity contribution in [1.29, 1.82) is 0 Å². The topological polar surface area (TPSA) is 114 Å². The predicted molar refractivity (Wildman–Crippen MR) is 166 cm³/mol. The Morgan fingerprint density at radius 2 is 1.82 bits per heavy atom. The van der Waals surface area contributed by atoms with Crippen molar-refractivity contribution in [3.05, 3.63) is 94.5 Å².